The summed E-state index contributed by atoms with van der Waals surface area (Å²) in [5.41, 5.74) is -0.171. The van der Waals surface area contributed by atoms with E-state index in [0.717, 1.165) is 32.2 Å². The first-order valence-corrected chi connectivity index (χ1v) is 10.0. The highest BCUT2D eigenvalue weighted by molar-refractivity contribution is 5.90. The highest BCUT2D eigenvalue weighted by Crippen LogP contribution is 2.45. The van der Waals surface area contributed by atoms with Crippen LogP contribution in [-0.2, 0) is 9.53 Å². The molecule has 2 saturated heterocycles. The Hall–Kier alpha value is -1.30. The third-order valence-electron chi connectivity index (χ3n) is 6.74. The van der Waals surface area contributed by atoms with Gasteiger partial charge in [0.1, 0.15) is 0 Å². The fourth-order valence-electron chi connectivity index (χ4n) is 4.96. The second kappa shape index (κ2) is 6.78. The van der Waals surface area contributed by atoms with Crippen molar-refractivity contribution in [2.75, 3.05) is 26.7 Å². The maximum atomic E-state index is 12.6. The molecule has 6 nitrogen and oxygen atoms in total. The lowest BCUT2D eigenvalue weighted by Gasteiger charge is -2.59. The van der Waals surface area contributed by atoms with Gasteiger partial charge in [0, 0.05) is 32.8 Å². The van der Waals surface area contributed by atoms with Gasteiger partial charge in [-0.1, -0.05) is 19.3 Å². The molecular formula is C19H31N3O3. The fraction of sp³-hybridized carbons (Fsp3) is 0.895. The summed E-state index contributed by atoms with van der Waals surface area (Å²) in [5, 5.41) is 3.21. The molecule has 2 aliphatic heterocycles. The molecule has 0 aromatic heterocycles. The van der Waals surface area contributed by atoms with E-state index in [1.807, 2.05) is 4.90 Å². The van der Waals surface area contributed by atoms with Crippen molar-refractivity contribution >= 4 is 11.9 Å². The van der Waals surface area contributed by atoms with Gasteiger partial charge in [0.2, 0.25) is 0 Å². The molecule has 140 valence electrons. The number of β-lactam (4-membered cyclic amide) rings is 1. The minimum absolute atomic E-state index is 0.0788. The molecule has 2 heterocycles. The molecule has 1 atom stereocenters. The molecule has 0 aromatic carbocycles. The van der Waals surface area contributed by atoms with E-state index in [1.54, 1.807) is 7.11 Å². The molecule has 0 aromatic rings. The van der Waals surface area contributed by atoms with Crippen molar-refractivity contribution in [2.45, 2.75) is 75.5 Å². The summed E-state index contributed by atoms with van der Waals surface area (Å²) >= 11 is 0. The zero-order valence-corrected chi connectivity index (χ0v) is 15.3. The van der Waals surface area contributed by atoms with Crippen LogP contribution < -0.4 is 5.32 Å². The molecule has 25 heavy (non-hydrogen) atoms. The highest BCUT2D eigenvalue weighted by Gasteiger charge is 2.61. The van der Waals surface area contributed by atoms with Crippen LogP contribution >= 0.6 is 0 Å². The van der Waals surface area contributed by atoms with Gasteiger partial charge in [0.15, 0.2) is 6.10 Å². The Morgan fingerprint density at radius 1 is 1.16 bits per heavy atom. The van der Waals surface area contributed by atoms with Crippen LogP contribution in [0.4, 0.5) is 4.79 Å². The lowest BCUT2D eigenvalue weighted by atomic mass is 9.73. The van der Waals surface area contributed by atoms with E-state index in [2.05, 4.69) is 10.2 Å². The Morgan fingerprint density at radius 3 is 2.44 bits per heavy atom. The standard InChI is InChI=1S/C19H31N3O3/c1-25-16-17(23)22(13-14-7-8-14)19(16)9-11-21(12-10-19)18(24)20-15-5-3-2-4-6-15/h14-16H,2-13H2,1H3,(H,20,24). The molecule has 1 unspecified atom stereocenters. The Morgan fingerprint density at radius 2 is 1.84 bits per heavy atom. The number of urea groups is 1. The average Bonchev–Trinajstić information content (AvgIpc) is 3.46. The van der Waals surface area contributed by atoms with Crippen LogP contribution in [0.5, 0.6) is 0 Å². The van der Waals surface area contributed by atoms with Crippen LogP contribution in [0.2, 0.25) is 0 Å². The van der Waals surface area contributed by atoms with E-state index in [1.165, 1.54) is 32.1 Å². The normalized spacial score (nSPS) is 29.6. The Balaban J connectivity index is 1.34. The summed E-state index contributed by atoms with van der Waals surface area (Å²) in [6.07, 6.45) is 9.81. The van der Waals surface area contributed by atoms with Crippen LogP contribution in [0.15, 0.2) is 0 Å². The van der Waals surface area contributed by atoms with Gasteiger partial charge in [-0.2, -0.15) is 0 Å². The minimum Gasteiger partial charge on any atom is -0.369 e. The van der Waals surface area contributed by atoms with Gasteiger partial charge in [-0.3, -0.25) is 4.79 Å². The van der Waals surface area contributed by atoms with Crippen LogP contribution in [0.25, 0.3) is 0 Å². The molecule has 4 rings (SSSR count). The Labute approximate surface area is 150 Å². The van der Waals surface area contributed by atoms with E-state index in [4.69, 9.17) is 4.74 Å². The van der Waals surface area contributed by atoms with Crippen molar-refractivity contribution in [1.29, 1.82) is 0 Å². The molecule has 4 aliphatic rings. The zero-order chi connectivity index (χ0) is 17.4. The summed E-state index contributed by atoms with van der Waals surface area (Å²) in [6, 6.07) is 0.426. The maximum Gasteiger partial charge on any atom is 0.317 e. The first-order chi connectivity index (χ1) is 12.1. The SMILES string of the molecule is COC1C(=O)N(CC2CC2)C12CCN(C(=O)NC1CCCCC1)CC2. The molecule has 4 fully saturated rings. The number of rotatable bonds is 4. The molecule has 2 aliphatic carbocycles. The van der Waals surface area contributed by atoms with Gasteiger partial charge < -0.3 is 19.9 Å². The number of carbonyl (C=O) groups excluding carboxylic acids is 2. The average molecular weight is 349 g/mol. The van der Waals surface area contributed by atoms with Crippen molar-refractivity contribution in [1.82, 2.24) is 15.1 Å². The third-order valence-corrected chi connectivity index (χ3v) is 6.74. The summed E-state index contributed by atoms with van der Waals surface area (Å²) in [6.45, 7) is 2.31. The molecule has 0 bridgehead atoms. The number of methoxy groups -OCH3 is 1. The molecule has 2 saturated carbocycles. The van der Waals surface area contributed by atoms with Gasteiger partial charge >= 0.3 is 6.03 Å². The molecule has 1 N–H and O–H groups in total. The van der Waals surface area contributed by atoms with E-state index >= 15 is 0 Å². The van der Waals surface area contributed by atoms with Crippen LogP contribution in [-0.4, -0.2) is 66.2 Å². The highest BCUT2D eigenvalue weighted by atomic mass is 16.5. The van der Waals surface area contributed by atoms with Crippen molar-refractivity contribution in [3.05, 3.63) is 0 Å². The van der Waals surface area contributed by atoms with E-state index in [0.29, 0.717) is 25.0 Å². The van der Waals surface area contributed by atoms with Crippen LogP contribution in [0.1, 0.15) is 57.8 Å². The number of ether oxygens (including phenoxy) is 1. The number of amides is 3. The van der Waals surface area contributed by atoms with Crippen molar-refractivity contribution < 1.29 is 14.3 Å². The second-order valence-electron chi connectivity index (χ2n) is 8.38. The first-order valence-electron chi connectivity index (χ1n) is 10.0. The fourth-order valence-corrected chi connectivity index (χ4v) is 4.96. The van der Waals surface area contributed by atoms with Gasteiger partial charge in [0.05, 0.1) is 5.54 Å². The number of piperidine rings is 1. The molecule has 0 radical (unpaired) electrons. The van der Waals surface area contributed by atoms with Crippen molar-refractivity contribution in [3.63, 3.8) is 0 Å². The Bertz CT molecular complexity index is 520. The monoisotopic (exact) mass is 349 g/mol. The van der Waals surface area contributed by atoms with E-state index in [-0.39, 0.29) is 23.6 Å². The molecule has 6 heteroatoms. The lowest BCUT2D eigenvalue weighted by Crippen LogP contribution is -2.77. The summed E-state index contributed by atoms with van der Waals surface area (Å²) < 4.78 is 5.53. The van der Waals surface area contributed by atoms with Crippen LogP contribution in [0.3, 0.4) is 0 Å². The topological polar surface area (TPSA) is 61.9 Å². The number of carbonyl (C=O) groups is 2. The summed E-state index contributed by atoms with van der Waals surface area (Å²) in [4.78, 5) is 29.0. The van der Waals surface area contributed by atoms with Crippen molar-refractivity contribution in [3.8, 4) is 0 Å². The number of nitrogens with one attached hydrogen (secondary N) is 1. The number of likely N-dealkylation sites (tertiary alicyclic amines) is 2. The molecule has 1 spiro atoms. The first kappa shape index (κ1) is 17.1. The number of nitrogens with zero attached hydrogens (tertiary/aromatic N) is 2. The zero-order valence-electron chi connectivity index (χ0n) is 15.3. The predicted octanol–water partition coefficient (Wildman–Crippen LogP) is 2.13. The third kappa shape index (κ3) is 3.14. The van der Waals surface area contributed by atoms with Crippen molar-refractivity contribution in [2.24, 2.45) is 5.92 Å². The summed E-state index contributed by atoms with van der Waals surface area (Å²) in [7, 11) is 1.64. The molecular weight excluding hydrogens is 318 g/mol. The summed E-state index contributed by atoms with van der Waals surface area (Å²) in [5.74, 6) is 0.834. The smallest absolute Gasteiger partial charge is 0.317 e. The number of hydrogen-bond donors (Lipinski definition) is 1. The molecule has 3 amide bonds. The van der Waals surface area contributed by atoms with Gasteiger partial charge in [-0.25, -0.2) is 4.79 Å². The minimum atomic E-state index is -0.310. The predicted molar refractivity (Wildman–Crippen MR) is 94.2 cm³/mol. The van der Waals surface area contributed by atoms with Crippen LogP contribution in [0, 0.1) is 5.92 Å². The number of hydrogen-bond acceptors (Lipinski definition) is 3. The largest absolute Gasteiger partial charge is 0.369 e. The van der Waals surface area contributed by atoms with Gasteiger partial charge in [-0.15, -0.1) is 0 Å². The van der Waals surface area contributed by atoms with Gasteiger partial charge in [-0.05, 0) is 44.4 Å². The lowest BCUT2D eigenvalue weighted by molar-refractivity contribution is -0.198. The maximum absolute atomic E-state index is 12.6. The quantitative estimate of drug-likeness (QED) is 0.791. The van der Waals surface area contributed by atoms with E-state index in [9.17, 15) is 9.59 Å². The van der Waals surface area contributed by atoms with E-state index < -0.39 is 0 Å². The van der Waals surface area contributed by atoms with Gasteiger partial charge in [0.25, 0.3) is 5.91 Å². The Kier molecular flexibility index (Phi) is 4.65. The second-order valence-corrected chi connectivity index (χ2v) is 8.38.